The third-order valence-electron chi connectivity index (χ3n) is 8.68. The lowest BCUT2D eigenvalue weighted by molar-refractivity contribution is -0.153. The Morgan fingerprint density at radius 3 is 2.26 bits per heavy atom. The maximum Gasteiger partial charge on any atom is 0.410 e. The van der Waals surface area contributed by atoms with E-state index in [0.717, 1.165) is 11.1 Å². The molecular weight excluding hydrogens is 660 g/mol. The van der Waals surface area contributed by atoms with Gasteiger partial charge in [0.05, 0.1) is 6.04 Å². The normalized spacial score (nSPS) is 21.4. The minimum absolute atomic E-state index is 0.0383. The van der Waals surface area contributed by atoms with Gasteiger partial charge in [-0.15, -0.1) is 11.8 Å². The average Bonchev–Trinajstić information content (AvgIpc) is 3.42. The van der Waals surface area contributed by atoms with Crippen molar-refractivity contribution in [1.29, 1.82) is 0 Å². The van der Waals surface area contributed by atoms with Crippen LogP contribution in [0.5, 0.6) is 0 Å². The van der Waals surface area contributed by atoms with Gasteiger partial charge >= 0.3 is 18.2 Å². The van der Waals surface area contributed by atoms with Gasteiger partial charge in [-0.3, -0.25) is 14.5 Å². The number of alkyl carbamates (subject to hydrolysis) is 1. The molecule has 0 unspecified atom stereocenters. The number of nitrogens with zero attached hydrogens (tertiary/aromatic N) is 3. The Morgan fingerprint density at radius 2 is 1.66 bits per heavy atom. The first kappa shape index (κ1) is 34.8. The number of β-lactam (4-membered cyclic amide) rings is 1. The van der Waals surface area contributed by atoms with E-state index in [1.165, 1.54) is 27.6 Å². The van der Waals surface area contributed by atoms with Gasteiger partial charge in [0.1, 0.15) is 29.3 Å². The van der Waals surface area contributed by atoms with Crippen LogP contribution in [0.3, 0.4) is 0 Å². The molecule has 0 bridgehead atoms. The summed E-state index contributed by atoms with van der Waals surface area (Å²) in [6, 6.07) is 17.6. The molecule has 2 aromatic rings. The van der Waals surface area contributed by atoms with Crippen molar-refractivity contribution in [3.8, 4) is 0 Å². The van der Waals surface area contributed by atoms with Crippen molar-refractivity contribution in [2.75, 3.05) is 32.0 Å². The zero-order valence-electron chi connectivity index (χ0n) is 28.2. The smallest absolute Gasteiger partial charge is 0.410 e. The number of amides is 4. The second-order valence-corrected chi connectivity index (χ2v) is 14.5. The lowest BCUT2D eigenvalue weighted by Crippen LogP contribution is -2.70. The van der Waals surface area contributed by atoms with Gasteiger partial charge in [0.2, 0.25) is 5.91 Å². The third-order valence-corrected chi connectivity index (χ3v) is 9.99. The van der Waals surface area contributed by atoms with Crippen molar-refractivity contribution in [3.63, 3.8) is 0 Å². The molecule has 2 atom stereocenters. The number of ether oxygens (including phenoxy) is 3. The van der Waals surface area contributed by atoms with Gasteiger partial charge in [-0.05, 0) is 50.0 Å². The first-order valence-electron chi connectivity index (χ1n) is 16.5. The summed E-state index contributed by atoms with van der Waals surface area (Å²) in [7, 11) is 0. The number of carbonyl (C=O) groups excluding carboxylic acids is 5. The van der Waals surface area contributed by atoms with E-state index in [9.17, 15) is 24.0 Å². The highest BCUT2D eigenvalue weighted by Crippen LogP contribution is 2.43. The Balaban J connectivity index is 1.27. The molecule has 6 rings (SSSR count). The molecule has 50 heavy (non-hydrogen) atoms. The number of rotatable bonds is 9. The fourth-order valence-electron chi connectivity index (χ4n) is 6.27. The molecule has 3 saturated heterocycles. The van der Waals surface area contributed by atoms with Crippen molar-refractivity contribution < 1.29 is 38.2 Å². The number of likely N-dealkylation sites (tertiary alicyclic amines) is 2. The highest BCUT2D eigenvalue weighted by atomic mass is 32.2. The van der Waals surface area contributed by atoms with Crippen LogP contribution >= 0.6 is 11.8 Å². The molecule has 4 heterocycles. The highest BCUT2D eigenvalue weighted by molar-refractivity contribution is 8.00. The van der Waals surface area contributed by atoms with Gasteiger partial charge in [-0.25, -0.2) is 14.4 Å². The number of thioether (sulfide) groups is 1. The molecule has 1 N–H and O–H groups in total. The second kappa shape index (κ2) is 14.4. The van der Waals surface area contributed by atoms with Gasteiger partial charge < -0.3 is 29.3 Å². The van der Waals surface area contributed by atoms with Crippen LogP contribution in [-0.2, 0) is 28.6 Å². The molecule has 3 fully saturated rings. The number of esters is 1. The zero-order valence-corrected chi connectivity index (χ0v) is 29.0. The fraction of sp³-hybridized carbons (Fsp3) is 0.378. The Morgan fingerprint density at radius 1 is 1.02 bits per heavy atom. The Bertz CT molecular complexity index is 1690. The van der Waals surface area contributed by atoms with Crippen molar-refractivity contribution in [2.45, 2.75) is 56.4 Å². The Hall–Kier alpha value is -5.04. The van der Waals surface area contributed by atoms with Crippen LogP contribution in [0.25, 0.3) is 0 Å². The molecule has 13 heteroatoms. The summed E-state index contributed by atoms with van der Waals surface area (Å²) in [6.07, 6.45) is 1.67. The van der Waals surface area contributed by atoms with Crippen molar-refractivity contribution >= 4 is 41.7 Å². The van der Waals surface area contributed by atoms with Gasteiger partial charge in [-0.2, -0.15) is 0 Å². The predicted octanol–water partition coefficient (Wildman–Crippen LogP) is 4.55. The first-order chi connectivity index (χ1) is 23.9. The second-order valence-electron chi connectivity index (χ2n) is 13.4. The lowest BCUT2D eigenvalue weighted by atomic mass is 10.00. The molecule has 2 aromatic carbocycles. The van der Waals surface area contributed by atoms with Crippen LogP contribution in [0.1, 0.15) is 44.4 Å². The van der Waals surface area contributed by atoms with E-state index >= 15 is 0 Å². The molecule has 4 aliphatic heterocycles. The van der Waals surface area contributed by atoms with E-state index in [0.29, 0.717) is 37.2 Å². The molecule has 262 valence electrons. The molecule has 4 amide bonds. The van der Waals surface area contributed by atoms with Crippen molar-refractivity contribution in [2.24, 2.45) is 0 Å². The maximum atomic E-state index is 14.3. The third kappa shape index (κ3) is 7.28. The maximum absolute atomic E-state index is 14.3. The summed E-state index contributed by atoms with van der Waals surface area (Å²) in [4.78, 5) is 71.0. The van der Waals surface area contributed by atoms with E-state index < -0.39 is 47.2 Å². The fourth-order valence-corrected chi connectivity index (χ4v) is 7.58. The summed E-state index contributed by atoms with van der Waals surface area (Å²) >= 11 is 1.38. The van der Waals surface area contributed by atoms with Gasteiger partial charge in [0.15, 0.2) is 6.10 Å². The summed E-state index contributed by atoms with van der Waals surface area (Å²) in [5, 5.41) is 2.08. The predicted molar refractivity (Wildman–Crippen MR) is 185 cm³/mol. The number of fused-ring (bicyclic) bond motifs is 1. The average molecular weight is 701 g/mol. The van der Waals surface area contributed by atoms with Gasteiger partial charge in [0, 0.05) is 31.0 Å². The van der Waals surface area contributed by atoms with Crippen LogP contribution in [0.2, 0.25) is 0 Å². The number of benzene rings is 2. The molecule has 4 aliphatic rings. The first-order valence-corrected chi connectivity index (χ1v) is 17.5. The number of nitrogens with one attached hydrogen (secondary N) is 1. The highest BCUT2D eigenvalue weighted by Gasteiger charge is 2.55. The van der Waals surface area contributed by atoms with Crippen LogP contribution in [0.15, 0.2) is 96.2 Å². The summed E-state index contributed by atoms with van der Waals surface area (Å²) in [6.45, 7) is 10.0. The van der Waals surface area contributed by atoms with Gasteiger partial charge in [0.25, 0.3) is 5.91 Å². The Kier molecular flexibility index (Phi) is 10.1. The van der Waals surface area contributed by atoms with E-state index in [-0.39, 0.29) is 30.0 Å². The zero-order chi connectivity index (χ0) is 35.6. The van der Waals surface area contributed by atoms with E-state index in [1.807, 2.05) is 60.7 Å². The quantitative estimate of drug-likeness (QED) is 0.132. The van der Waals surface area contributed by atoms with E-state index in [2.05, 4.69) is 11.9 Å². The standard InChI is InChI=1S/C37H40N4O8S/c1-5-18-47-36(46)39-20-27(21-39)40-17-16-25(31(40)42)19-26-22-50-33-28(38-35(45)49-37(2,3)4)32(43)41(33)29(26)34(44)48-30(23-12-8-6-9-13-23)24-14-10-7-11-15-24/h5-15,19,27-28,30,33H,1,16-18,20-22H2,2-4H3,(H,38,45)/t28-,33-/m1/s1. The summed E-state index contributed by atoms with van der Waals surface area (Å²) in [5.41, 5.74) is 1.75. The van der Waals surface area contributed by atoms with Crippen LogP contribution < -0.4 is 5.32 Å². The largest absolute Gasteiger partial charge is 0.448 e. The van der Waals surface area contributed by atoms with Crippen LogP contribution in [0.4, 0.5) is 9.59 Å². The molecule has 0 aliphatic carbocycles. The van der Waals surface area contributed by atoms with Gasteiger partial charge in [-0.1, -0.05) is 73.3 Å². The number of allylic oxidation sites excluding steroid dienone is 1. The summed E-state index contributed by atoms with van der Waals surface area (Å²) in [5.74, 6) is -1.11. The monoisotopic (exact) mass is 700 g/mol. The van der Waals surface area contributed by atoms with E-state index in [4.69, 9.17) is 14.2 Å². The molecule has 0 spiro atoms. The molecule has 12 nitrogen and oxygen atoms in total. The Labute approximate surface area is 295 Å². The molecular formula is C37H40N4O8S. The van der Waals surface area contributed by atoms with Crippen molar-refractivity contribution in [3.05, 3.63) is 107 Å². The molecule has 0 radical (unpaired) electrons. The molecule has 0 aromatic heterocycles. The van der Waals surface area contributed by atoms with Crippen LogP contribution in [0, 0.1) is 0 Å². The topological polar surface area (TPSA) is 135 Å². The lowest BCUT2D eigenvalue weighted by Gasteiger charge is -2.49. The minimum atomic E-state index is -0.908. The van der Waals surface area contributed by atoms with Crippen LogP contribution in [-0.4, -0.2) is 99.7 Å². The van der Waals surface area contributed by atoms with E-state index in [1.54, 1.807) is 31.7 Å². The van der Waals surface area contributed by atoms with Crippen molar-refractivity contribution in [1.82, 2.24) is 20.0 Å². The number of carbonyl (C=O) groups is 5. The SMILES string of the molecule is C=CCOC(=O)N1CC(N2CCC(=CC3=C(C(=O)OC(c4ccccc4)c4ccccc4)N4C(=O)[C@@H](NC(=O)OC(C)(C)C)[C@H]4SC3)C2=O)C1. The minimum Gasteiger partial charge on any atom is -0.448 e. The number of hydrogen-bond acceptors (Lipinski definition) is 9. The summed E-state index contributed by atoms with van der Waals surface area (Å²) < 4.78 is 16.7. The number of hydrogen-bond donors (Lipinski definition) is 1. The molecule has 0 saturated carbocycles.